The average molecular weight is 249 g/mol. The third-order valence-corrected chi connectivity index (χ3v) is 3.19. The summed E-state index contributed by atoms with van der Waals surface area (Å²) in [6.45, 7) is 5.29. The summed E-state index contributed by atoms with van der Waals surface area (Å²) in [6.07, 6.45) is 2.04. The molecule has 2 N–H and O–H groups in total. The van der Waals surface area contributed by atoms with Crippen molar-refractivity contribution in [3.05, 3.63) is 29.8 Å². The minimum atomic E-state index is -0.437. The highest BCUT2D eigenvalue weighted by molar-refractivity contribution is 5.30. The Hall–Kier alpha value is -1.06. The van der Waals surface area contributed by atoms with Crippen molar-refractivity contribution >= 4 is 0 Å². The highest BCUT2D eigenvalue weighted by Crippen LogP contribution is 2.20. The van der Waals surface area contributed by atoms with Crippen molar-refractivity contribution < 1.29 is 9.84 Å². The molecule has 0 bridgehead atoms. The lowest BCUT2D eigenvalue weighted by atomic mass is 10.0. The number of hydrogen-bond donors (Lipinski definition) is 2. The van der Waals surface area contributed by atoms with E-state index in [9.17, 15) is 5.11 Å². The number of rotatable bonds is 7. The van der Waals surface area contributed by atoms with Gasteiger partial charge in [0.2, 0.25) is 0 Å². The van der Waals surface area contributed by atoms with E-state index in [2.05, 4.69) is 25.2 Å². The maximum absolute atomic E-state index is 9.78. The third kappa shape index (κ3) is 4.31. The first-order valence-corrected chi connectivity index (χ1v) is 6.79. The van der Waals surface area contributed by atoms with Crippen molar-refractivity contribution in [3.8, 4) is 5.75 Å². The van der Waals surface area contributed by atoms with Crippen LogP contribution in [0, 0.1) is 0 Å². The smallest absolute Gasteiger partial charge is 0.119 e. The molecule has 3 nitrogen and oxygen atoms in total. The van der Waals surface area contributed by atoms with Gasteiger partial charge in [-0.15, -0.1) is 0 Å². The van der Waals surface area contributed by atoms with Crippen LogP contribution in [-0.2, 0) is 0 Å². The Balaban J connectivity index is 1.75. The first-order valence-electron chi connectivity index (χ1n) is 6.79. The van der Waals surface area contributed by atoms with Crippen molar-refractivity contribution in [2.75, 3.05) is 13.2 Å². The summed E-state index contributed by atoms with van der Waals surface area (Å²) in [5.74, 6) is 1.33. The van der Waals surface area contributed by atoms with Gasteiger partial charge in [0.1, 0.15) is 18.5 Å². The molecule has 0 heterocycles. The molecule has 0 amide bonds. The zero-order valence-electron chi connectivity index (χ0n) is 11.2. The molecule has 3 heteroatoms. The molecule has 1 atom stereocenters. The van der Waals surface area contributed by atoms with Gasteiger partial charge < -0.3 is 15.2 Å². The van der Waals surface area contributed by atoms with E-state index >= 15 is 0 Å². The molecule has 2 rings (SSSR count). The summed E-state index contributed by atoms with van der Waals surface area (Å²) >= 11 is 0. The van der Waals surface area contributed by atoms with E-state index in [1.54, 1.807) is 0 Å². The van der Waals surface area contributed by atoms with Crippen LogP contribution in [0.3, 0.4) is 0 Å². The molecular weight excluding hydrogens is 226 g/mol. The molecule has 0 spiro atoms. The molecule has 0 saturated heterocycles. The molecule has 1 aliphatic carbocycles. The number of aliphatic hydroxyl groups excluding tert-OH is 1. The van der Waals surface area contributed by atoms with Gasteiger partial charge in [0.05, 0.1) is 0 Å². The van der Waals surface area contributed by atoms with Gasteiger partial charge in [-0.25, -0.2) is 0 Å². The molecule has 0 aliphatic heterocycles. The minimum absolute atomic E-state index is 0.348. The van der Waals surface area contributed by atoms with Gasteiger partial charge in [-0.05, 0) is 36.5 Å². The Kier molecular flexibility index (Phi) is 4.61. The SMILES string of the molecule is CC(C)c1cccc(OCC(O)CNC2CC2)c1. The molecule has 1 aromatic rings. The molecular formula is C15H23NO2. The van der Waals surface area contributed by atoms with Gasteiger partial charge in [-0.1, -0.05) is 26.0 Å². The molecule has 1 saturated carbocycles. The van der Waals surface area contributed by atoms with Crippen LogP contribution in [0.4, 0.5) is 0 Å². The van der Waals surface area contributed by atoms with E-state index in [4.69, 9.17) is 4.74 Å². The number of nitrogens with one attached hydrogen (secondary N) is 1. The maximum atomic E-state index is 9.78. The Morgan fingerprint density at radius 2 is 2.17 bits per heavy atom. The average Bonchev–Trinajstić information content (AvgIpc) is 3.18. The van der Waals surface area contributed by atoms with E-state index < -0.39 is 6.10 Å². The zero-order chi connectivity index (χ0) is 13.0. The Bertz CT molecular complexity index is 375. The molecule has 1 aliphatic rings. The summed E-state index contributed by atoms with van der Waals surface area (Å²) in [4.78, 5) is 0. The van der Waals surface area contributed by atoms with Crippen LogP contribution in [0.2, 0.25) is 0 Å². The topological polar surface area (TPSA) is 41.5 Å². The first kappa shape index (κ1) is 13.4. The number of ether oxygens (including phenoxy) is 1. The van der Waals surface area contributed by atoms with E-state index in [1.807, 2.05) is 18.2 Å². The highest BCUT2D eigenvalue weighted by atomic mass is 16.5. The predicted octanol–water partition coefficient (Wildman–Crippen LogP) is 2.30. The van der Waals surface area contributed by atoms with E-state index in [0.29, 0.717) is 25.1 Å². The Labute approximate surface area is 109 Å². The van der Waals surface area contributed by atoms with E-state index in [-0.39, 0.29) is 0 Å². The van der Waals surface area contributed by atoms with Crippen molar-refractivity contribution in [2.24, 2.45) is 0 Å². The van der Waals surface area contributed by atoms with Crippen LogP contribution in [0.5, 0.6) is 5.75 Å². The lowest BCUT2D eigenvalue weighted by Gasteiger charge is -2.14. The molecule has 18 heavy (non-hydrogen) atoms. The van der Waals surface area contributed by atoms with Crippen LogP contribution < -0.4 is 10.1 Å². The second-order valence-electron chi connectivity index (χ2n) is 5.37. The van der Waals surface area contributed by atoms with Crippen molar-refractivity contribution in [1.82, 2.24) is 5.32 Å². The Morgan fingerprint density at radius 3 is 2.83 bits per heavy atom. The second kappa shape index (κ2) is 6.21. The largest absolute Gasteiger partial charge is 0.491 e. The number of hydrogen-bond acceptors (Lipinski definition) is 3. The summed E-state index contributed by atoms with van der Waals surface area (Å²) in [6, 6.07) is 8.71. The Morgan fingerprint density at radius 1 is 1.39 bits per heavy atom. The lowest BCUT2D eigenvalue weighted by Crippen LogP contribution is -2.32. The van der Waals surface area contributed by atoms with Crippen molar-refractivity contribution in [1.29, 1.82) is 0 Å². The monoisotopic (exact) mass is 249 g/mol. The summed E-state index contributed by atoms with van der Waals surface area (Å²) in [5.41, 5.74) is 1.26. The first-order chi connectivity index (χ1) is 8.65. The maximum Gasteiger partial charge on any atom is 0.119 e. The molecule has 100 valence electrons. The van der Waals surface area contributed by atoms with Crippen LogP contribution in [0.15, 0.2) is 24.3 Å². The van der Waals surface area contributed by atoms with Crippen LogP contribution >= 0.6 is 0 Å². The fourth-order valence-electron chi connectivity index (χ4n) is 1.80. The summed E-state index contributed by atoms with van der Waals surface area (Å²) in [7, 11) is 0. The highest BCUT2D eigenvalue weighted by Gasteiger charge is 2.21. The normalized spacial score (nSPS) is 16.9. The zero-order valence-corrected chi connectivity index (χ0v) is 11.2. The molecule has 1 aromatic carbocycles. The molecule has 1 fully saturated rings. The summed E-state index contributed by atoms with van der Waals surface area (Å²) < 4.78 is 5.62. The van der Waals surface area contributed by atoms with Gasteiger partial charge in [-0.3, -0.25) is 0 Å². The molecule has 0 aromatic heterocycles. The molecule has 0 radical (unpaired) electrons. The van der Waals surface area contributed by atoms with Gasteiger partial charge in [-0.2, -0.15) is 0 Å². The standard InChI is InChI=1S/C15H23NO2/c1-11(2)12-4-3-5-15(8-12)18-10-14(17)9-16-13-6-7-13/h3-5,8,11,13-14,16-17H,6-7,9-10H2,1-2H3. The van der Waals surface area contributed by atoms with E-state index in [1.165, 1.54) is 18.4 Å². The van der Waals surface area contributed by atoms with Gasteiger partial charge >= 0.3 is 0 Å². The number of benzene rings is 1. The molecule has 1 unspecified atom stereocenters. The van der Waals surface area contributed by atoms with Crippen LogP contribution in [-0.4, -0.2) is 30.4 Å². The third-order valence-electron chi connectivity index (χ3n) is 3.19. The van der Waals surface area contributed by atoms with Crippen molar-refractivity contribution in [2.45, 2.75) is 44.8 Å². The van der Waals surface area contributed by atoms with Crippen LogP contribution in [0.25, 0.3) is 0 Å². The van der Waals surface area contributed by atoms with Crippen LogP contribution in [0.1, 0.15) is 38.2 Å². The fourth-order valence-corrected chi connectivity index (χ4v) is 1.80. The summed E-state index contributed by atoms with van der Waals surface area (Å²) in [5, 5.41) is 13.1. The number of aliphatic hydroxyl groups is 1. The van der Waals surface area contributed by atoms with E-state index in [0.717, 1.165) is 5.75 Å². The van der Waals surface area contributed by atoms with Crippen molar-refractivity contribution in [3.63, 3.8) is 0 Å². The van der Waals surface area contributed by atoms with Gasteiger partial charge in [0.25, 0.3) is 0 Å². The fraction of sp³-hybridized carbons (Fsp3) is 0.600. The lowest BCUT2D eigenvalue weighted by molar-refractivity contribution is 0.106. The van der Waals surface area contributed by atoms with Gasteiger partial charge in [0, 0.05) is 12.6 Å². The minimum Gasteiger partial charge on any atom is -0.491 e. The van der Waals surface area contributed by atoms with Gasteiger partial charge in [0.15, 0.2) is 0 Å². The second-order valence-corrected chi connectivity index (χ2v) is 5.37. The quantitative estimate of drug-likeness (QED) is 0.779. The predicted molar refractivity (Wildman–Crippen MR) is 73.1 cm³/mol.